The van der Waals surface area contributed by atoms with Crippen LogP contribution < -0.4 is 9.47 Å². The molecule has 1 aromatic carbocycles. The summed E-state index contributed by atoms with van der Waals surface area (Å²) in [6.07, 6.45) is 1.72. The first-order valence-electron chi connectivity index (χ1n) is 5.38. The SMILES string of the molecule is COc1cc(N=Cc2ccccc2)nc(OC)n1. The fourth-order valence-electron chi connectivity index (χ4n) is 1.33. The van der Waals surface area contributed by atoms with Crippen LogP contribution in [-0.2, 0) is 0 Å². The summed E-state index contributed by atoms with van der Waals surface area (Å²) in [7, 11) is 3.03. The van der Waals surface area contributed by atoms with Crippen molar-refractivity contribution in [3.8, 4) is 11.9 Å². The first kappa shape index (κ1) is 12.0. The van der Waals surface area contributed by atoms with Crippen LogP contribution in [0.4, 0.5) is 5.82 Å². The summed E-state index contributed by atoms with van der Waals surface area (Å²) in [6, 6.07) is 11.6. The lowest BCUT2D eigenvalue weighted by atomic mass is 10.2. The summed E-state index contributed by atoms with van der Waals surface area (Å²) in [6.45, 7) is 0. The van der Waals surface area contributed by atoms with Gasteiger partial charge in [-0.2, -0.15) is 9.97 Å². The molecule has 0 aliphatic rings. The maximum absolute atomic E-state index is 5.04. The standard InChI is InChI=1S/C13H13N3O2/c1-17-12-8-11(15-13(16-12)18-2)14-9-10-6-4-3-5-7-10/h3-9H,1-2H3. The van der Waals surface area contributed by atoms with Crippen LogP contribution in [-0.4, -0.2) is 30.4 Å². The number of aromatic nitrogens is 2. The van der Waals surface area contributed by atoms with Gasteiger partial charge in [-0.25, -0.2) is 4.99 Å². The van der Waals surface area contributed by atoms with Crippen molar-refractivity contribution in [2.24, 2.45) is 4.99 Å². The normalized spacial score (nSPS) is 10.6. The third-order valence-corrected chi connectivity index (χ3v) is 2.21. The van der Waals surface area contributed by atoms with Crippen molar-refractivity contribution in [1.82, 2.24) is 9.97 Å². The Hall–Kier alpha value is -2.43. The molecule has 0 fully saturated rings. The number of rotatable bonds is 4. The van der Waals surface area contributed by atoms with E-state index < -0.39 is 0 Å². The molecule has 0 saturated carbocycles. The van der Waals surface area contributed by atoms with E-state index in [2.05, 4.69) is 15.0 Å². The molecule has 0 unspecified atom stereocenters. The molecular weight excluding hydrogens is 230 g/mol. The molecular formula is C13H13N3O2. The zero-order chi connectivity index (χ0) is 12.8. The summed E-state index contributed by atoms with van der Waals surface area (Å²) in [5, 5.41) is 0. The number of aliphatic imine (C=N–C) groups is 1. The molecule has 18 heavy (non-hydrogen) atoms. The highest BCUT2D eigenvalue weighted by molar-refractivity contribution is 5.81. The largest absolute Gasteiger partial charge is 0.481 e. The highest BCUT2D eigenvalue weighted by Crippen LogP contribution is 2.19. The lowest BCUT2D eigenvalue weighted by molar-refractivity contribution is 0.352. The highest BCUT2D eigenvalue weighted by atomic mass is 16.5. The average molecular weight is 243 g/mol. The van der Waals surface area contributed by atoms with Gasteiger partial charge in [-0.1, -0.05) is 30.3 Å². The Balaban J connectivity index is 2.25. The van der Waals surface area contributed by atoms with Gasteiger partial charge in [0.2, 0.25) is 5.88 Å². The lowest BCUT2D eigenvalue weighted by Gasteiger charge is -2.02. The van der Waals surface area contributed by atoms with Crippen molar-refractivity contribution < 1.29 is 9.47 Å². The van der Waals surface area contributed by atoms with Crippen LogP contribution in [0.1, 0.15) is 5.56 Å². The van der Waals surface area contributed by atoms with Gasteiger partial charge in [0, 0.05) is 12.3 Å². The molecule has 5 heteroatoms. The summed E-state index contributed by atoms with van der Waals surface area (Å²) >= 11 is 0. The second-order valence-electron chi connectivity index (χ2n) is 3.42. The molecule has 1 heterocycles. The van der Waals surface area contributed by atoms with Gasteiger partial charge < -0.3 is 9.47 Å². The summed E-state index contributed by atoms with van der Waals surface area (Å²) in [5.74, 6) is 0.907. The van der Waals surface area contributed by atoms with Gasteiger partial charge in [0.25, 0.3) is 0 Å². The van der Waals surface area contributed by atoms with E-state index in [-0.39, 0.29) is 6.01 Å². The van der Waals surface area contributed by atoms with E-state index in [0.29, 0.717) is 11.7 Å². The Morgan fingerprint density at radius 3 is 2.50 bits per heavy atom. The smallest absolute Gasteiger partial charge is 0.321 e. The Morgan fingerprint density at radius 2 is 1.83 bits per heavy atom. The molecule has 0 saturated heterocycles. The summed E-state index contributed by atoms with van der Waals surface area (Å²) < 4.78 is 10.0. The Kier molecular flexibility index (Phi) is 3.86. The van der Waals surface area contributed by atoms with Crippen molar-refractivity contribution in [3.05, 3.63) is 42.0 Å². The van der Waals surface area contributed by atoms with Gasteiger partial charge >= 0.3 is 6.01 Å². The maximum Gasteiger partial charge on any atom is 0.321 e. The summed E-state index contributed by atoms with van der Waals surface area (Å²) in [5.41, 5.74) is 0.994. The van der Waals surface area contributed by atoms with Gasteiger partial charge in [0.05, 0.1) is 14.2 Å². The minimum absolute atomic E-state index is 0.231. The van der Waals surface area contributed by atoms with E-state index >= 15 is 0 Å². The fourth-order valence-corrected chi connectivity index (χ4v) is 1.33. The molecule has 0 amide bonds. The molecule has 2 aromatic rings. The van der Waals surface area contributed by atoms with Crippen LogP contribution in [0.5, 0.6) is 11.9 Å². The lowest BCUT2D eigenvalue weighted by Crippen LogP contribution is -1.95. The number of nitrogens with zero attached hydrogens (tertiary/aromatic N) is 3. The number of methoxy groups -OCH3 is 2. The molecule has 5 nitrogen and oxygen atoms in total. The van der Waals surface area contributed by atoms with Gasteiger partial charge in [0.1, 0.15) is 0 Å². The van der Waals surface area contributed by atoms with Crippen molar-refractivity contribution in [3.63, 3.8) is 0 Å². The van der Waals surface area contributed by atoms with Gasteiger partial charge in [-0.05, 0) is 5.56 Å². The Bertz CT molecular complexity index is 519. The van der Waals surface area contributed by atoms with Crippen LogP contribution >= 0.6 is 0 Å². The van der Waals surface area contributed by atoms with E-state index in [1.165, 1.54) is 14.2 Å². The van der Waals surface area contributed by atoms with E-state index in [0.717, 1.165) is 5.56 Å². The van der Waals surface area contributed by atoms with Crippen molar-refractivity contribution >= 4 is 12.0 Å². The fraction of sp³-hybridized carbons (Fsp3) is 0.154. The van der Waals surface area contributed by atoms with E-state index in [1.54, 1.807) is 12.3 Å². The molecule has 0 bridgehead atoms. The van der Waals surface area contributed by atoms with Gasteiger partial charge in [-0.15, -0.1) is 0 Å². The van der Waals surface area contributed by atoms with Crippen molar-refractivity contribution in [2.75, 3.05) is 14.2 Å². The van der Waals surface area contributed by atoms with E-state index in [4.69, 9.17) is 9.47 Å². The Morgan fingerprint density at radius 1 is 1.06 bits per heavy atom. The third kappa shape index (κ3) is 3.04. The predicted octanol–water partition coefficient (Wildman–Crippen LogP) is 2.24. The second kappa shape index (κ2) is 5.77. The number of benzene rings is 1. The van der Waals surface area contributed by atoms with Crippen LogP contribution in [0.2, 0.25) is 0 Å². The van der Waals surface area contributed by atoms with Crippen molar-refractivity contribution in [1.29, 1.82) is 0 Å². The molecule has 0 N–H and O–H groups in total. The highest BCUT2D eigenvalue weighted by Gasteiger charge is 2.03. The van der Waals surface area contributed by atoms with Crippen LogP contribution in [0.15, 0.2) is 41.4 Å². The Labute approximate surface area is 105 Å². The second-order valence-corrected chi connectivity index (χ2v) is 3.42. The molecule has 0 aliphatic heterocycles. The average Bonchev–Trinajstić information content (AvgIpc) is 2.45. The summed E-state index contributed by atoms with van der Waals surface area (Å²) in [4.78, 5) is 12.4. The van der Waals surface area contributed by atoms with Crippen LogP contribution in [0.3, 0.4) is 0 Å². The quantitative estimate of drug-likeness (QED) is 0.773. The number of hydrogen-bond acceptors (Lipinski definition) is 5. The topological polar surface area (TPSA) is 56.6 Å². The predicted molar refractivity (Wildman–Crippen MR) is 68.8 cm³/mol. The zero-order valence-electron chi connectivity index (χ0n) is 10.2. The van der Waals surface area contributed by atoms with Gasteiger partial charge in [-0.3, -0.25) is 0 Å². The monoisotopic (exact) mass is 243 g/mol. The first-order valence-corrected chi connectivity index (χ1v) is 5.38. The first-order chi connectivity index (χ1) is 8.81. The molecule has 0 atom stereocenters. The zero-order valence-corrected chi connectivity index (χ0v) is 10.2. The van der Waals surface area contributed by atoms with E-state index in [9.17, 15) is 0 Å². The van der Waals surface area contributed by atoms with E-state index in [1.807, 2.05) is 30.3 Å². The number of hydrogen-bond donors (Lipinski definition) is 0. The molecule has 2 rings (SSSR count). The van der Waals surface area contributed by atoms with Crippen LogP contribution in [0, 0.1) is 0 Å². The van der Waals surface area contributed by atoms with Gasteiger partial charge in [0.15, 0.2) is 5.82 Å². The molecule has 0 radical (unpaired) electrons. The number of ether oxygens (including phenoxy) is 2. The molecule has 92 valence electrons. The maximum atomic E-state index is 5.04. The van der Waals surface area contributed by atoms with Crippen molar-refractivity contribution in [2.45, 2.75) is 0 Å². The third-order valence-electron chi connectivity index (χ3n) is 2.21. The minimum Gasteiger partial charge on any atom is -0.481 e. The van der Waals surface area contributed by atoms with Crippen LogP contribution in [0.25, 0.3) is 0 Å². The molecule has 0 spiro atoms. The minimum atomic E-state index is 0.231. The molecule has 1 aromatic heterocycles. The molecule has 0 aliphatic carbocycles.